The molecule has 2 aromatic heterocycles. The lowest BCUT2D eigenvalue weighted by atomic mass is 9.90. The number of carbonyl (C=O) groups excluding carboxylic acids is 1. The molecule has 10 heteroatoms. The van der Waals surface area contributed by atoms with Gasteiger partial charge < -0.3 is 25.8 Å². The van der Waals surface area contributed by atoms with Crippen LogP contribution < -0.4 is 16.4 Å². The van der Waals surface area contributed by atoms with E-state index in [1.807, 2.05) is 6.20 Å². The van der Waals surface area contributed by atoms with E-state index in [4.69, 9.17) is 5.73 Å². The summed E-state index contributed by atoms with van der Waals surface area (Å²) in [6.45, 7) is 2.05. The SMILES string of the molecule is CN1CCC(Cc2ccc(NC(=O)Nc3ccc(-c4cn(C5CC5)c5ncnc(N)c45)cc3F)cc2F)CC1. The van der Waals surface area contributed by atoms with E-state index < -0.39 is 11.8 Å². The summed E-state index contributed by atoms with van der Waals surface area (Å²) >= 11 is 0. The second kappa shape index (κ2) is 10.3. The standard InChI is InChI=1S/C29H31F2N7O/c1-37-10-8-17(9-11-37)12-19-2-4-20(14-23(19)30)35-29(39)36-25-7-3-18(13-24(25)31)22-15-38(21-5-6-21)28-26(22)27(32)33-16-34-28/h2-4,7,13-17,21H,5-6,8-12H2,1H3,(H2,32,33,34)(H2,35,36,39). The van der Waals surface area contributed by atoms with Gasteiger partial charge in [0, 0.05) is 23.5 Å². The second-order valence-electron chi connectivity index (χ2n) is 10.7. The molecule has 0 radical (unpaired) electrons. The molecule has 1 saturated carbocycles. The Morgan fingerprint density at radius 2 is 1.82 bits per heavy atom. The second-order valence-corrected chi connectivity index (χ2v) is 10.7. The van der Waals surface area contributed by atoms with Crippen molar-refractivity contribution >= 4 is 34.3 Å². The molecule has 2 aromatic carbocycles. The van der Waals surface area contributed by atoms with Crippen LogP contribution >= 0.6 is 0 Å². The van der Waals surface area contributed by atoms with Gasteiger partial charge >= 0.3 is 6.03 Å². The van der Waals surface area contributed by atoms with Crippen LogP contribution in [-0.2, 0) is 6.42 Å². The average Bonchev–Trinajstić information content (AvgIpc) is 3.68. The predicted octanol–water partition coefficient (Wildman–Crippen LogP) is 5.82. The molecule has 0 spiro atoms. The summed E-state index contributed by atoms with van der Waals surface area (Å²) in [4.78, 5) is 23.4. The molecule has 6 rings (SSSR count). The van der Waals surface area contributed by atoms with Crippen molar-refractivity contribution < 1.29 is 13.6 Å². The van der Waals surface area contributed by atoms with Crippen LogP contribution in [0.3, 0.4) is 0 Å². The number of nitrogens with two attached hydrogens (primary N) is 1. The molecule has 1 aliphatic carbocycles. The number of hydrogen-bond acceptors (Lipinski definition) is 5. The number of nitrogen functional groups attached to an aromatic ring is 1. The molecule has 4 N–H and O–H groups in total. The molecule has 8 nitrogen and oxygen atoms in total. The minimum atomic E-state index is -0.660. The number of halogens is 2. The maximum atomic E-state index is 15.1. The highest BCUT2D eigenvalue weighted by Crippen LogP contribution is 2.42. The summed E-state index contributed by atoms with van der Waals surface area (Å²) in [5.74, 6) is -0.167. The number of piperidine rings is 1. The van der Waals surface area contributed by atoms with Gasteiger partial charge in [-0.05, 0) is 93.6 Å². The first kappa shape index (κ1) is 25.2. The van der Waals surface area contributed by atoms with Gasteiger partial charge in [0.05, 0.1) is 11.1 Å². The third kappa shape index (κ3) is 5.29. The number of likely N-dealkylation sites (tertiary alicyclic amines) is 1. The first-order valence-corrected chi connectivity index (χ1v) is 13.3. The zero-order valence-corrected chi connectivity index (χ0v) is 21.8. The summed E-state index contributed by atoms with van der Waals surface area (Å²) in [7, 11) is 2.10. The quantitative estimate of drug-likeness (QED) is 0.291. The number of nitrogens with zero attached hydrogens (tertiary/aromatic N) is 4. The predicted molar refractivity (Wildman–Crippen MR) is 149 cm³/mol. The smallest absolute Gasteiger partial charge is 0.323 e. The maximum Gasteiger partial charge on any atom is 0.323 e. The van der Waals surface area contributed by atoms with Crippen LogP contribution in [0.5, 0.6) is 0 Å². The Kier molecular flexibility index (Phi) is 6.64. The number of fused-ring (bicyclic) bond motifs is 1. The van der Waals surface area contributed by atoms with E-state index in [0.29, 0.717) is 46.4 Å². The molecule has 4 aromatic rings. The first-order chi connectivity index (χ1) is 18.9. The lowest BCUT2D eigenvalue weighted by Crippen LogP contribution is -2.31. The van der Waals surface area contributed by atoms with Crippen molar-refractivity contribution in [1.29, 1.82) is 0 Å². The largest absolute Gasteiger partial charge is 0.383 e. The van der Waals surface area contributed by atoms with E-state index in [0.717, 1.165) is 50.0 Å². The molecule has 2 fully saturated rings. The van der Waals surface area contributed by atoms with Crippen molar-refractivity contribution in [2.45, 2.75) is 38.1 Å². The molecule has 202 valence electrons. The highest BCUT2D eigenvalue weighted by atomic mass is 19.1. The molecule has 39 heavy (non-hydrogen) atoms. The Morgan fingerprint density at radius 1 is 1.03 bits per heavy atom. The van der Waals surface area contributed by atoms with Crippen LogP contribution in [-0.4, -0.2) is 45.6 Å². The number of anilines is 3. The summed E-state index contributed by atoms with van der Waals surface area (Å²) in [6, 6.07) is 8.97. The zero-order chi connectivity index (χ0) is 27.1. The van der Waals surface area contributed by atoms with Crippen LogP contribution in [0.25, 0.3) is 22.2 Å². The van der Waals surface area contributed by atoms with Crippen molar-refractivity contribution in [3.8, 4) is 11.1 Å². The maximum absolute atomic E-state index is 15.1. The van der Waals surface area contributed by atoms with E-state index >= 15 is 4.39 Å². The van der Waals surface area contributed by atoms with Crippen molar-refractivity contribution in [3.05, 3.63) is 66.1 Å². The van der Waals surface area contributed by atoms with E-state index in [-0.39, 0.29) is 11.5 Å². The van der Waals surface area contributed by atoms with Gasteiger partial charge in [0.25, 0.3) is 0 Å². The lowest BCUT2D eigenvalue weighted by molar-refractivity contribution is 0.218. The van der Waals surface area contributed by atoms with Gasteiger partial charge in [0.15, 0.2) is 0 Å². The van der Waals surface area contributed by atoms with Crippen LogP contribution in [0.2, 0.25) is 0 Å². The fourth-order valence-corrected chi connectivity index (χ4v) is 5.39. The molecule has 0 bridgehead atoms. The van der Waals surface area contributed by atoms with Gasteiger partial charge in [-0.15, -0.1) is 0 Å². The Morgan fingerprint density at radius 3 is 2.54 bits per heavy atom. The highest BCUT2D eigenvalue weighted by Gasteiger charge is 2.28. The van der Waals surface area contributed by atoms with E-state index in [1.165, 1.54) is 24.5 Å². The summed E-state index contributed by atoms with van der Waals surface area (Å²) in [6.07, 6.45) is 8.27. The van der Waals surface area contributed by atoms with Crippen LogP contribution in [0.15, 0.2) is 48.9 Å². The Bertz CT molecular complexity index is 1540. The third-order valence-corrected chi connectivity index (χ3v) is 7.76. The Labute approximate surface area is 225 Å². The Balaban J connectivity index is 1.14. The number of nitrogens with one attached hydrogen (secondary N) is 2. The number of carbonyl (C=O) groups is 1. The molecule has 1 saturated heterocycles. The van der Waals surface area contributed by atoms with Crippen LogP contribution in [0, 0.1) is 17.6 Å². The average molecular weight is 532 g/mol. The fourth-order valence-electron chi connectivity index (χ4n) is 5.39. The minimum absolute atomic E-state index is 0.00533. The van der Waals surface area contributed by atoms with Crippen molar-refractivity contribution in [2.24, 2.45) is 5.92 Å². The van der Waals surface area contributed by atoms with Gasteiger partial charge in [-0.1, -0.05) is 12.1 Å². The number of rotatable bonds is 6. The van der Waals surface area contributed by atoms with Gasteiger partial charge in [-0.25, -0.2) is 23.5 Å². The van der Waals surface area contributed by atoms with Crippen LogP contribution in [0.1, 0.15) is 37.3 Å². The summed E-state index contributed by atoms with van der Waals surface area (Å²) < 4.78 is 31.9. The molecule has 0 unspecified atom stereocenters. The molecule has 0 atom stereocenters. The summed E-state index contributed by atoms with van der Waals surface area (Å²) in [5.41, 5.74) is 9.18. The lowest BCUT2D eigenvalue weighted by Gasteiger charge is -2.29. The molecule has 1 aliphatic heterocycles. The number of benzene rings is 2. The van der Waals surface area contributed by atoms with E-state index in [9.17, 15) is 9.18 Å². The molecular formula is C29H31F2N7O. The molecule has 2 aliphatic rings. The van der Waals surface area contributed by atoms with E-state index in [1.54, 1.807) is 18.2 Å². The Hall–Kier alpha value is -4.05. The number of urea groups is 1. The fraction of sp³-hybridized carbons (Fsp3) is 0.345. The van der Waals surface area contributed by atoms with E-state index in [2.05, 4.69) is 37.1 Å². The van der Waals surface area contributed by atoms with Crippen LogP contribution in [0.4, 0.5) is 30.8 Å². The van der Waals surface area contributed by atoms with Gasteiger partial charge in [-0.2, -0.15) is 0 Å². The van der Waals surface area contributed by atoms with Gasteiger partial charge in [0.1, 0.15) is 29.4 Å². The molecule has 2 amide bonds. The normalized spacial score (nSPS) is 16.5. The zero-order valence-electron chi connectivity index (χ0n) is 21.8. The minimum Gasteiger partial charge on any atom is -0.383 e. The van der Waals surface area contributed by atoms with Crippen molar-refractivity contribution in [1.82, 2.24) is 19.4 Å². The third-order valence-electron chi connectivity index (χ3n) is 7.76. The van der Waals surface area contributed by atoms with Gasteiger partial charge in [-0.3, -0.25) is 0 Å². The van der Waals surface area contributed by atoms with Crippen molar-refractivity contribution in [3.63, 3.8) is 0 Å². The van der Waals surface area contributed by atoms with Crippen molar-refractivity contribution in [2.75, 3.05) is 36.5 Å². The topological polar surface area (TPSA) is 101 Å². The number of aromatic nitrogens is 3. The summed E-state index contributed by atoms with van der Waals surface area (Å²) in [5, 5.41) is 5.80. The monoisotopic (exact) mass is 531 g/mol. The number of hydrogen-bond donors (Lipinski definition) is 3. The first-order valence-electron chi connectivity index (χ1n) is 13.3. The highest BCUT2D eigenvalue weighted by molar-refractivity contribution is 6.02. The van der Waals surface area contributed by atoms with Gasteiger partial charge in [0.2, 0.25) is 0 Å². The molecule has 3 heterocycles. The number of amides is 2. The molecular weight excluding hydrogens is 500 g/mol.